The Morgan fingerprint density at radius 3 is 2.45 bits per heavy atom. The minimum absolute atomic E-state index is 0. The van der Waals surface area contributed by atoms with Gasteiger partial charge in [0.05, 0.1) is 0 Å². The van der Waals surface area contributed by atoms with Gasteiger partial charge in [0.15, 0.2) is 5.96 Å². The first-order chi connectivity index (χ1) is 13.6. The Hall–Kier alpha value is -1.20. The van der Waals surface area contributed by atoms with Crippen molar-refractivity contribution in [1.82, 2.24) is 20.4 Å². The number of alkyl halides is 2. The summed E-state index contributed by atoms with van der Waals surface area (Å²) in [6.07, 6.45) is 2.20. The third-order valence-corrected chi connectivity index (χ3v) is 4.96. The molecule has 0 aliphatic carbocycles. The molecule has 1 aliphatic heterocycles. The molecule has 0 spiro atoms. The van der Waals surface area contributed by atoms with E-state index >= 15 is 0 Å². The number of para-hydroxylation sites is 1. The molecular weight excluding hydrogens is 491 g/mol. The summed E-state index contributed by atoms with van der Waals surface area (Å²) in [6.45, 7) is 7.50. The van der Waals surface area contributed by atoms with E-state index in [4.69, 9.17) is 0 Å². The quantitative estimate of drug-likeness (QED) is 0.213. The maximum atomic E-state index is 12.5. The summed E-state index contributed by atoms with van der Waals surface area (Å²) in [5.74, 6) is 0.840. The summed E-state index contributed by atoms with van der Waals surface area (Å²) < 4.78 is 29.5. The average Bonchev–Trinajstić information content (AvgIpc) is 2.71. The lowest BCUT2D eigenvalue weighted by Crippen LogP contribution is -2.46. The van der Waals surface area contributed by atoms with Gasteiger partial charge < -0.3 is 25.2 Å². The fourth-order valence-corrected chi connectivity index (χ4v) is 3.26. The van der Waals surface area contributed by atoms with E-state index < -0.39 is 6.61 Å². The average molecular weight is 525 g/mol. The van der Waals surface area contributed by atoms with Crippen molar-refractivity contribution in [3.05, 3.63) is 29.8 Å². The molecule has 9 heteroatoms. The fraction of sp³-hybridized carbons (Fsp3) is 0.650. The Morgan fingerprint density at radius 1 is 1.10 bits per heavy atom. The van der Waals surface area contributed by atoms with Crippen LogP contribution in [0.2, 0.25) is 0 Å². The number of nitrogens with zero attached hydrogens (tertiary/aromatic N) is 3. The molecule has 0 radical (unpaired) electrons. The molecule has 0 amide bonds. The Kier molecular flexibility index (Phi) is 13.1. The third-order valence-electron chi connectivity index (χ3n) is 4.96. The van der Waals surface area contributed by atoms with Crippen molar-refractivity contribution in [1.29, 1.82) is 0 Å². The van der Waals surface area contributed by atoms with Crippen LogP contribution in [0.15, 0.2) is 29.3 Å². The van der Waals surface area contributed by atoms with Crippen molar-refractivity contribution in [2.75, 3.05) is 52.9 Å². The first kappa shape index (κ1) is 25.8. The van der Waals surface area contributed by atoms with Gasteiger partial charge in [-0.25, -0.2) is 0 Å². The molecule has 1 aliphatic rings. The minimum Gasteiger partial charge on any atom is -0.434 e. The summed E-state index contributed by atoms with van der Waals surface area (Å²) in [7, 11) is 1.70. The molecular formula is C20H34F2IN5O. The van der Waals surface area contributed by atoms with E-state index in [2.05, 4.69) is 37.1 Å². The van der Waals surface area contributed by atoms with Gasteiger partial charge >= 0.3 is 6.61 Å². The van der Waals surface area contributed by atoms with Crippen molar-refractivity contribution in [2.24, 2.45) is 4.99 Å². The molecule has 1 fully saturated rings. The van der Waals surface area contributed by atoms with Gasteiger partial charge in [-0.15, -0.1) is 24.0 Å². The Balaban J connectivity index is 0.00000420. The lowest BCUT2D eigenvalue weighted by Gasteiger charge is -2.34. The molecule has 0 atom stereocenters. The smallest absolute Gasteiger partial charge is 0.387 e. The van der Waals surface area contributed by atoms with E-state index in [1.807, 2.05) is 0 Å². The highest BCUT2D eigenvalue weighted by molar-refractivity contribution is 14.0. The number of guanidine groups is 1. The van der Waals surface area contributed by atoms with E-state index in [1.54, 1.807) is 31.3 Å². The largest absolute Gasteiger partial charge is 0.434 e. The molecule has 1 aromatic rings. The highest BCUT2D eigenvalue weighted by Crippen LogP contribution is 2.19. The van der Waals surface area contributed by atoms with Gasteiger partial charge in [-0.05, 0) is 32.0 Å². The molecule has 0 unspecified atom stereocenters. The van der Waals surface area contributed by atoms with Crippen LogP contribution in [-0.2, 0) is 6.54 Å². The van der Waals surface area contributed by atoms with Gasteiger partial charge in [-0.2, -0.15) is 8.78 Å². The van der Waals surface area contributed by atoms with E-state index in [0.717, 1.165) is 45.6 Å². The summed E-state index contributed by atoms with van der Waals surface area (Å²) in [4.78, 5) is 9.20. The van der Waals surface area contributed by atoms with Crippen molar-refractivity contribution in [2.45, 2.75) is 32.9 Å². The number of benzene rings is 1. The number of piperazine rings is 1. The summed E-state index contributed by atoms with van der Waals surface area (Å²) in [5.41, 5.74) is 0.664. The third kappa shape index (κ3) is 9.90. The van der Waals surface area contributed by atoms with Crippen LogP contribution in [-0.4, -0.2) is 75.2 Å². The van der Waals surface area contributed by atoms with Crippen molar-refractivity contribution in [3.8, 4) is 5.75 Å². The van der Waals surface area contributed by atoms with Crippen LogP contribution in [0.25, 0.3) is 0 Å². The Bertz CT molecular complexity index is 598. The lowest BCUT2D eigenvalue weighted by molar-refractivity contribution is -0.0504. The van der Waals surface area contributed by atoms with Crippen molar-refractivity contribution >= 4 is 29.9 Å². The molecule has 166 valence electrons. The van der Waals surface area contributed by atoms with E-state index in [-0.39, 0.29) is 29.7 Å². The van der Waals surface area contributed by atoms with Crippen LogP contribution in [0.3, 0.4) is 0 Å². The summed E-state index contributed by atoms with van der Waals surface area (Å²) >= 11 is 0. The fourth-order valence-electron chi connectivity index (χ4n) is 3.26. The number of halogens is 3. The predicted molar refractivity (Wildman–Crippen MR) is 124 cm³/mol. The SMILES string of the molecule is CCN1CCN(CCCCNC(=NC)NCc2ccccc2OC(F)F)CC1.I. The highest BCUT2D eigenvalue weighted by atomic mass is 127. The number of likely N-dealkylation sites (N-methyl/N-ethyl adjacent to an activating group) is 1. The van der Waals surface area contributed by atoms with E-state index in [0.29, 0.717) is 18.1 Å². The van der Waals surface area contributed by atoms with Gasteiger partial charge in [0.1, 0.15) is 5.75 Å². The first-order valence-corrected chi connectivity index (χ1v) is 10.0. The van der Waals surface area contributed by atoms with Crippen LogP contribution < -0.4 is 15.4 Å². The van der Waals surface area contributed by atoms with Gasteiger partial charge in [-0.3, -0.25) is 4.99 Å². The predicted octanol–water partition coefficient (Wildman–Crippen LogP) is 2.99. The molecule has 0 bridgehead atoms. The number of aliphatic imine (C=N–C) groups is 1. The molecule has 0 saturated carbocycles. The standard InChI is InChI=1S/C20H33F2N5O.HI/c1-3-26-12-14-27(15-13-26)11-7-6-10-24-20(23-2)25-16-17-8-4-5-9-18(17)28-19(21)22;/h4-5,8-9,19H,3,6-7,10-16H2,1-2H3,(H2,23,24,25);1H. The zero-order chi connectivity index (χ0) is 20.2. The monoisotopic (exact) mass is 525 g/mol. The molecule has 6 nitrogen and oxygen atoms in total. The highest BCUT2D eigenvalue weighted by Gasteiger charge is 2.14. The topological polar surface area (TPSA) is 52.1 Å². The van der Waals surface area contributed by atoms with E-state index in [1.165, 1.54) is 13.1 Å². The van der Waals surface area contributed by atoms with Gasteiger partial charge in [-0.1, -0.05) is 25.1 Å². The molecule has 29 heavy (non-hydrogen) atoms. The molecule has 2 rings (SSSR count). The number of rotatable bonds is 10. The van der Waals surface area contributed by atoms with Crippen LogP contribution >= 0.6 is 24.0 Å². The van der Waals surface area contributed by atoms with Crippen molar-refractivity contribution in [3.63, 3.8) is 0 Å². The second-order valence-corrected chi connectivity index (χ2v) is 6.82. The Labute approximate surface area is 190 Å². The molecule has 2 N–H and O–H groups in total. The maximum absolute atomic E-state index is 12.5. The van der Waals surface area contributed by atoms with Crippen LogP contribution in [0.5, 0.6) is 5.75 Å². The lowest BCUT2D eigenvalue weighted by atomic mass is 10.2. The number of hydrogen-bond acceptors (Lipinski definition) is 4. The number of ether oxygens (including phenoxy) is 1. The maximum Gasteiger partial charge on any atom is 0.387 e. The van der Waals surface area contributed by atoms with Crippen LogP contribution in [0.1, 0.15) is 25.3 Å². The van der Waals surface area contributed by atoms with E-state index in [9.17, 15) is 8.78 Å². The minimum atomic E-state index is -2.83. The van der Waals surface area contributed by atoms with Crippen molar-refractivity contribution < 1.29 is 13.5 Å². The number of nitrogens with one attached hydrogen (secondary N) is 2. The van der Waals surface area contributed by atoms with Gasteiger partial charge in [0.2, 0.25) is 0 Å². The second-order valence-electron chi connectivity index (χ2n) is 6.82. The molecule has 1 heterocycles. The zero-order valence-electron chi connectivity index (χ0n) is 17.4. The number of unbranched alkanes of at least 4 members (excludes halogenated alkanes) is 1. The van der Waals surface area contributed by atoms with Crippen LogP contribution in [0.4, 0.5) is 8.78 Å². The molecule has 1 aromatic carbocycles. The van der Waals surface area contributed by atoms with Gasteiger partial charge in [0, 0.05) is 51.9 Å². The first-order valence-electron chi connectivity index (χ1n) is 10.0. The normalized spacial score (nSPS) is 15.8. The van der Waals surface area contributed by atoms with Crippen LogP contribution in [0, 0.1) is 0 Å². The summed E-state index contributed by atoms with van der Waals surface area (Å²) in [5, 5.41) is 6.43. The number of hydrogen-bond donors (Lipinski definition) is 2. The molecule has 0 aromatic heterocycles. The Morgan fingerprint density at radius 2 is 1.79 bits per heavy atom. The molecule has 1 saturated heterocycles. The summed E-state index contributed by atoms with van der Waals surface area (Å²) in [6, 6.07) is 6.78. The zero-order valence-corrected chi connectivity index (χ0v) is 19.7. The van der Waals surface area contributed by atoms with Gasteiger partial charge in [0.25, 0.3) is 0 Å². The second kappa shape index (κ2) is 14.7.